The van der Waals surface area contributed by atoms with E-state index in [2.05, 4.69) is 10.3 Å². The van der Waals surface area contributed by atoms with E-state index in [1.54, 1.807) is 37.3 Å². The molecule has 9 nitrogen and oxygen atoms in total. The maximum Gasteiger partial charge on any atom is 0.351 e. The van der Waals surface area contributed by atoms with E-state index in [0.717, 1.165) is 11.2 Å². The third-order valence-electron chi connectivity index (χ3n) is 4.37. The van der Waals surface area contributed by atoms with Crippen LogP contribution in [0.4, 0.5) is 10.2 Å². The Balaban J connectivity index is 1.79. The van der Waals surface area contributed by atoms with E-state index in [1.807, 2.05) is 0 Å². The molecule has 3 rings (SSSR count). The van der Waals surface area contributed by atoms with Crippen molar-refractivity contribution in [1.82, 2.24) is 9.55 Å². The largest absolute Gasteiger partial charge is 0.351 e. The third-order valence-corrected chi connectivity index (χ3v) is 5.00. The maximum absolute atomic E-state index is 14.9. The number of alkyl halides is 1. The zero-order valence-corrected chi connectivity index (χ0v) is 16.7. The Morgan fingerprint density at radius 3 is 2.66 bits per heavy atom. The summed E-state index contributed by atoms with van der Waals surface area (Å²) >= 11 is 0. The first-order chi connectivity index (χ1) is 13.7. The predicted molar refractivity (Wildman–Crippen MR) is 103 cm³/mol. The number of carbonyl (C=O) groups is 1. The van der Waals surface area contributed by atoms with Crippen molar-refractivity contribution in [1.29, 1.82) is 0 Å². The fourth-order valence-electron chi connectivity index (χ4n) is 3.05. The van der Waals surface area contributed by atoms with Gasteiger partial charge in [0.15, 0.2) is 12.4 Å². The Labute approximate surface area is 166 Å². The van der Waals surface area contributed by atoms with Crippen LogP contribution in [0.15, 0.2) is 47.4 Å². The number of carbonyl (C=O) groups excluding carboxylic acids is 1. The van der Waals surface area contributed by atoms with Crippen molar-refractivity contribution < 1.29 is 27.9 Å². The van der Waals surface area contributed by atoms with Gasteiger partial charge in [-0.1, -0.05) is 25.1 Å². The standard InChI is InChI=1S/C18H21FN3O6P/c1-3-12-15(28-29(2,25)26)14(19)17(27-12)22-10-9-13(21-18(22)24)20-16(23)11-7-5-4-6-8-11/h4-10,12,14-15,17H,3H2,1-2H3,(H,25,26)(H,20,21,23,24)/t12-,14?,15+,17-/m1/s1. The van der Waals surface area contributed by atoms with Gasteiger partial charge in [-0.15, -0.1) is 0 Å². The quantitative estimate of drug-likeness (QED) is 0.682. The van der Waals surface area contributed by atoms with Crippen LogP contribution in [0, 0.1) is 0 Å². The van der Waals surface area contributed by atoms with Gasteiger partial charge in [0.2, 0.25) is 0 Å². The molecule has 1 aromatic carbocycles. The first-order valence-electron chi connectivity index (χ1n) is 8.93. The van der Waals surface area contributed by atoms with Gasteiger partial charge in [-0.05, 0) is 24.6 Å². The van der Waals surface area contributed by atoms with Crippen molar-refractivity contribution >= 4 is 19.3 Å². The Hall–Kier alpha value is -2.39. The topological polar surface area (TPSA) is 120 Å². The minimum absolute atomic E-state index is 0.00164. The molecule has 1 aliphatic rings. The van der Waals surface area contributed by atoms with Crippen LogP contribution in [-0.2, 0) is 13.8 Å². The van der Waals surface area contributed by atoms with Crippen LogP contribution in [0.25, 0.3) is 0 Å². The predicted octanol–water partition coefficient (Wildman–Crippen LogP) is 2.34. The summed E-state index contributed by atoms with van der Waals surface area (Å²) in [4.78, 5) is 37.7. The summed E-state index contributed by atoms with van der Waals surface area (Å²) in [5.74, 6) is -0.446. The molecule has 156 valence electrons. The van der Waals surface area contributed by atoms with Crippen molar-refractivity contribution in [2.45, 2.75) is 38.0 Å². The van der Waals surface area contributed by atoms with Gasteiger partial charge in [0.1, 0.15) is 11.9 Å². The smallest absolute Gasteiger partial charge is 0.349 e. The lowest BCUT2D eigenvalue weighted by molar-refractivity contribution is -0.0268. The van der Waals surface area contributed by atoms with Crippen LogP contribution in [0.3, 0.4) is 0 Å². The number of nitrogens with zero attached hydrogens (tertiary/aromatic N) is 2. The number of hydrogen-bond acceptors (Lipinski definition) is 6. The van der Waals surface area contributed by atoms with E-state index in [9.17, 15) is 23.4 Å². The van der Waals surface area contributed by atoms with Crippen molar-refractivity contribution in [2.75, 3.05) is 12.0 Å². The van der Waals surface area contributed by atoms with Gasteiger partial charge in [-0.25, -0.2) is 9.18 Å². The lowest BCUT2D eigenvalue weighted by atomic mass is 10.1. The summed E-state index contributed by atoms with van der Waals surface area (Å²) in [6.07, 6.45) is -3.77. The number of nitrogens with one attached hydrogen (secondary N) is 1. The molecule has 29 heavy (non-hydrogen) atoms. The van der Waals surface area contributed by atoms with Gasteiger partial charge < -0.3 is 14.9 Å². The molecule has 0 aliphatic carbocycles. The van der Waals surface area contributed by atoms with Crippen LogP contribution in [-0.4, -0.2) is 45.4 Å². The molecule has 2 heterocycles. The summed E-state index contributed by atoms with van der Waals surface area (Å²) in [6, 6.07) is 9.71. The van der Waals surface area contributed by atoms with Gasteiger partial charge in [-0.2, -0.15) is 4.98 Å². The van der Waals surface area contributed by atoms with Crippen molar-refractivity contribution in [3.05, 3.63) is 58.6 Å². The van der Waals surface area contributed by atoms with E-state index in [-0.39, 0.29) is 5.82 Å². The average Bonchev–Trinajstić information content (AvgIpc) is 2.97. The Kier molecular flexibility index (Phi) is 6.28. The second-order valence-electron chi connectivity index (χ2n) is 6.61. The SMILES string of the molecule is CC[C@H]1O[C@@H](n2ccc(NC(=O)c3ccccc3)nc2=O)C(F)[C@H]1OP(C)(=O)O. The normalized spacial score (nSPS) is 26.1. The van der Waals surface area contributed by atoms with E-state index in [1.165, 1.54) is 12.3 Å². The molecule has 11 heteroatoms. The highest BCUT2D eigenvalue weighted by atomic mass is 31.2. The number of amides is 1. The summed E-state index contributed by atoms with van der Waals surface area (Å²) < 4.78 is 37.8. The molecule has 1 aromatic heterocycles. The number of hydrogen-bond donors (Lipinski definition) is 2. The monoisotopic (exact) mass is 425 g/mol. The van der Waals surface area contributed by atoms with Gasteiger partial charge in [0.25, 0.3) is 5.91 Å². The summed E-state index contributed by atoms with van der Waals surface area (Å²) in [5, 5.41) is 2.50. The molecule has 2 unspecified atom stereocenters. The molecule has 2 N–H and O–H groups in total. The molecule has 0 bridgehead atoms. The fraction of sp³-hybridized carbons (Fsp3) is 0.389. The molecule has 0 spiro atoms. The third kappa shape index (κ3) is 4.97. The van der Waals surface area contributed by atoms with E-state index in [4.69, 9.17) is 9.26 Å². The van der Waals surface area contributed by atoms with Crippen LogP contribution >= 0.6 is 7.60 Å². The van der Waals surface area contributed by atoms with Gasteiger partial charge >= 0.3 is 13.3 Å². The van der Waals surface area contributed by atoms with Crippen LogP contribution in [0.2, 0.25) is 0 Å². The number of anilines is 1. The van der Waals surface area contributed by atoms with Gasteiger partial charge in [0, 0.05) is 18.4 Å². The van der Waals surface area contributed by atoms with Crippen LogP contribution in [0.1, 0.15) is 29.9 Å². The molecule has 0 radical (unpaired) electrons. The number of rotatable bonds is 6. The highest BCUT2D eigenvalue weighted by Crippen LogP contribution is 2.45. The van der Waals surface area contributed by atoms with E-state index < -0.39 is 43.8 Å². The number of benzene rings is 1. The highest BCUT2D eigenvalue weighted by Gasteiger charge is 2.48. The lowest BCUT2D eigenvalue weighted by Crippen LogP contribution is -2.34. The minimum atomic E-state index is -3.96. The van der Waals surface area contributed by atoms with Gasteiger partial charge in [0.05, 0.1) is 6.10 Å². The van der Waals surface area contributed by atoms with Crippen molar-refractivity contribution in [3.63, 3.8) is 0 Å². The van der Waals surface area contributed by atoms with Crippen LogP contribution < -0.4 is 11.0 Å². The molecule has 1 fully saturated rings. The summed E-state index contributed by atoms with van der Waals surface area (Å²) in [6.45, 7) is 2.66. The number of ether oxygens (including phenoxy) is 1. The molecule has 1 saturated heterocycles. The first kappa shape index (κ1) is 21.3. The molecule has 1 aliphatic heterocycles. The second kappa shape index (κ2) is 8.54. The minimum Gasteiger partial charge on any atom is -0.349 e. The lowest BCUT2D eigenvalue weighted by Gasteiger charge is -2.20. The molecule has 0 saturated carbocycles. The van der Waals surface area contributed by atoms with Crippen molar-refractivity contribution in [3.8, 4) is 0 Å². The number of halogens is 1. The summed E-state index contributed by atoms with van der Waals surface area (Å²) in [7, 11) is -3.96. The maximum atomic E-state index is 14.9. The molecule has 2 aromatic rings. The zero-order chi connectivity index (χ0) is 21.2. The van der Waals surface area contributed by atoms with E-state index in [0.29, 0.717) is 12.0 Å². The number of aromatic nitrogens is 2. The molecular formula is C18H21FN3O6P. The highest BCUT2D eigenvalue weighted by molar-refractivity contribution is 7.51. The van der Waals surface area contributed by atoms with Gasteiger partial charge in [-0.3, -0.25) is 18.5 Å². The van der Waals surface area contributed by atoms with Crippen LogP contribution in [0.5, 0.6) is 0 Å². The molecular weight excluding hydrogens is 404 g/mol. The Morgan fingerprint density at radius 2 is 2.07 bits per heavy atom. The Bertz CT molecular complexity index is 979. The Morgan fingerprint density at radius 1 is 1.38 bits per heavy atom. The fourth-order valence-corrected chi connectivity index (χ4v) is 3.76. The van der Waals surface area contributed by atoms with E-state index >= 15 is 0 Å². The molecule has 5 atom stereocenters. The van der Waals surface area contributed by atoms with Crippen molar-refractivity contribution in [2.24, 2.45) is 0 Å². The zero-order valence-electron chi connectivity index (χ0n) is 15.8. The molecule has 1 amide bonds. The summed E-state index contributed by atoms with van der Waals surface area (Å²) in [5.41, 5.74) is -0.456. The average molecular weight is 425 g/mol. The first-order valence-corrected chi connectivity index (χ1v) is 11.0. The second-order valence-corrected chi connectivity index (χ2v) is 8.43.